The van der Waals surface area contributed by atoms with Crippen LogP contribution in [-0.2, 0) is 11.3 Å². The third-order valence-electron chi connectivity index (χ3n) is 5.62. The molecule has 0 fully saturated rings. The molecule has 4 rings (SSSR count). The van der Waals surface area contributed by atoms with Gasteiger partial charge < -0.3 is 5.32 Å². The minimum atomic E-state index is -0.244. The fourth-order valence-electron chi connectivity index (χ4n) is 3.63. The molecule has 2 heterocycles. The highest BCUT2D eigenvalue weighted by Gasteiger charge is 2.16. The lowest BCUT2D eigenvalue weighted by molar-refractivity contribution is -0.116. The molecule has 0 spiro atoms. The highest BCUT2D eigenvalue weighted by atomic mass is 32.1. The van der Waals surface area contributed by atoms with Crippen LogP contribution in [0.25, 0.3) is 21.3 Å². The van der Waals surface area contributed by atoms with Gasteiger partial charge in [-0.05, 0) is 36.5 Å². The van der Waals surface area contributed by atoms with E-state index in [0.717, 1.165) is 34.4 Å². The molecule has 1 atom stereocenters. The van der Waals surface area contributed by atoms with Gasteiger partial charge in [0.05, 0.1) is 11.7 Å². The minimum absolute atomic E-state index is 0.0835. The predicted molar refractivity (Wildman–Crippen MR) is 128 cm³/mol. The van der Waals surface area contributed by atoms with Crippen LogP contribution < -0.4 is 10.9 Å². The lowest BCUT2D eigenvalue weighted by atomic mass is 9.97. The van der Waals surface area contributed by atoms with Crippen LogP contribution in [0.5, 0.6) is 0 Å². The van der Waals surface area contributed by atoms with Crippen LogP contribution >= 0.6 is 11.3 Å². The van der Waals surface area contributed by atoms with Crippen LogP contribution in [0.3, 0.4) is 0 Å². The molecule has 31 heavy (non-hydrogen) atoms. The van der Waals surface area contributed by atoms with Gasteiger partial charge in [0.2, 0.25) is 5.91 Å². The summed E-state index contributed by atoms with van der Waals surface area (Å²) in [6, 6.07) is 15.9. The van der Waals surface area contributed by atoms with E-state index in [9.17, 15) is 9.59 Å². The highest BCUT2D eigenvalue weighted by Crippen LogP contribution is 2.31. The summed E-state index contributed by atoms with van der Waals surface area (Å²) in [6.07, 6.45) is 2.44. The molecule has 0 aliphatic heterocycles. The van der Waals surface area contributed by atoms with E-state index in [1.165, 1.54) is 22.2 Å². The van der Waals surface area contributed by atoms with E-state index in [2.05, 4.69) is 24.1 Å². The predicted octanol–water partition coefficient (Wildman–Crippen LogP) is 5.59. The van der Waals surface area contributed by atoms with E-state index in [0.29, 0.717) is 16.1 Å². The number of aryl methyl sites for hydroxylation is 1. The Kier molecular flexibility index (Phi) is 6.00. The van der Waals surface area contributed by atoms with Crippen molar-refractivity contribution in [2.24, 2.45) is 0 Å². The molecule has 0 bridgehead atoms. The number of carbonyl (C=O) groups excluding carboxylic acids is 1. The fraction of sp³-hybridized carbons (Fsp3) is 0.240. The number of hydrogen-bond donors (Lipinski definition) is 1. The first-order valence-corrected chi connectivity index (χ1v) is 11.3. The van der Waals surface area contributed by atoms with Crippen LogP contribution in [-0.4, -0.2) is 15.5 Å². The first-order valence-electron chi connectivity index (χ1n) is 10.4. The van der Waals surface area contributed by atoms with Gasteiger partial charge in [-0.15, -0.1) is 11.3 Å². The average molecular weight is 432 g/mol. The number of nitrogens with one attached hydrogen (secondary N) is 1. The molecule has 2 aromatic carbocycles. The number of rotatable bonds is 6. The Bertz CT molecular complexity index is 1290. The van der Waals surface area contributed by atoms with E-state index >= 15 is 0 Å². The van der Waals surface area contributed by atoms with Crippen molar-refractivity contribution in [2.45, 2.75) is 39.7 Å². The van der Waals surface area contributed by atoms with Crippen molar-refractivity contribution in [3.8, 4) is 11.1 Å². The third kappa shape index (κ3) is 4.30. The summed E-state index contributed by atoms with van der Waals surface area (Å²) in [5.74, 6) is 0.0891. The molecule has 2 aromatic heterocycles. The Labute approximate surface area is 185 Å². The van der Waals surface area contributed by atoms with Crippen LogP contribution in [0.1, 0.15) is 37.3 Å². The van der Waals surface area contributed by atoms with Crippen molar-refractivity contribution in [1.82, 2.24) is 9.55 Å². The molecule has 1 N–H and O–H groups in total. The van der Waals surface area contributed by atoms with Crippen molar-refractivity contribution in [2.75, 3.05) is 5.32 Å². The number of fused-ring (bicyclic) bond motifs is 1. The molecule has 0 radical (unpaired) electrons. The van der Waals surface area contributed by atoms with E-state index in [4.69, 9.17) is 0 Å². The monoisotopic (exact) mass is 431 g/mol. The van der Waals surface area contributed by atoms with E-state index in [-0.39, 0.29) is 18.0 Å². The zero-order valence-electron chi connectivity index (χ0n) is 17.9. The lowest BCUT2D eigenvalue weighted by Crippen LogP contribution is -2.28. The average Bonchev–Trinajstić information content (AvgIpc) is 3.21. The van der Waals surface area contributed by atoms with Gasteiger partial charge in [-0.1, -0.05) is 61.9 Å². The second-order valence-corrected chi connectivity index (χ2v) is 8.68. The maximum atomic E-state index is 13.2. The number of amides is 1. The van der Waals surface area contributed by atoms with Gasteiger partial charge in [-0.3, -0.25) is 14.2 Å². The second kappa shape index (κ2) is 8.86. The van der Waals surface area contributed by atoms with Gasteiger partial charge in [0.25, 0.3) is 5.56 Å². The van der Waals surface area contributed by atoms with Crippen molar-refractivity contribution in [3.63, 3.8) is 0 Å². The summed E-state index contributed by atoms with van der Waals surface area (Å²) in [4.78, 5) is 31.1. The van der Waals surface area contributed by atoms with Crippen molar-refractivity contribution in [1.29, 1.82) is 0 Å². The van der Waals surface area contributed by atoms with Crippen molar-refractivity contribution >= 4 is 33.1 Å². The Morgan fingerprint density at radius 2 is 1.90 bits per heavy atom. The zero-order chi connectivity index (χ0) is 22.0. The van der Waals surface area contributed by atoms with Gasteiger partial charge in [0.15, 0.2) is 0 Å². The molecule has 0 aliphatic rings. The molecule has 0 aliphatic carbocycles. The SMILES string of the molecule is CCC(C)c1ccccc1NC(=O)Cn1cnc2scc(-c3ccc(C)cc3)c2c1=O. The van der Waals surface area contributed by atoms with Crippen LogP contribution in [0, 0.1) is 6.92 Å². The summed E-state index contributed by atoms with van der Waals surface area (Å²) in [5.41, 5.74) is 4.67. The summed E-state index contributed by atoms with van der Waals surface area (Å²) in [6.45, 7) is 6.20. The molecule has 5 nitrogen and oxygen atoms in total. The number of anilines is 1. The Hall–Kier alpha value is -3.25. The van der Waals surface area contributed by atoms with Crippen LogP contribution in [0.4, 0.5) is 5.69 Å². The summed E-state index contributed by atoms with van der Waals surface area (Å²) in [7, 11) is 0. The summed E-state index contributed by atoms with van der Waals surface area (Å²) >= 11 is 1.44. The number of thiophene rings is 1. The largest absolute Gasteiger partial charge is 0.324 e. The number of para-hydroxylation sites is 1. The quantitative estimate of drug-likeness (QED) is 0.433. The molecule has 1 amide bonds. The summed E-state index contributed by atoms with van der Waals surface area (Å²) in [5, 5.41) is 5.49. The standard InChI is InChI=1S/C25H25N3O2S/c1-4-17(3)19-7-5-6-8-21(19)27-22(29)13-28-15-26-24-23(25(28)30)20(14-31-24)18-11-9-16(2)10-12-18/h5-12,14-15,17H,4,13H2,1-3H3,(H,27,29). The Morgan fingerprint density at radius 3 is 2.65 bits per heavy atom. The fourth-order valence-corrected chi connectivity index (χ4v) is 4.54. The molecule has 1 unspecified atom stereocenters. The second-order valence-electron chi connectivity index (χ2n) is 7.82. The first-order chi connectivity index (χ1) is 15.0. The van der Waals surface area contributed by atoms with E-state index in [1.807, 2.05) is 60.8 Å². The lowest BCUT2D eigenvalue weighted by Gasteiger charge is -2.16. The maximum absolute atomic E-state index is 13.2. The van der Waals surface area contributed by atoms with E-state index < -0.39 is 0 Å². The van der Waals surface area contributed by atoms with Gasteiger partial charge in [-0.25, -0.2) is 4.98 Å². The van der Waals surface area contributed by atoms with Gasteiger partial charge in [0, 0.05) is 16.6 Å². The zero-order valence-corrected chi connectivity index (χ0v) is 18.7. The number of benzene rings is 2. The number of carbonyl (C=O) groups is 1. The molecule has 6 heteroatoms. The maximum Gasteiger partial charge on any atom is 0.263 e. The van der Waals surface area contributed by atoms with Crippen molar-refractivity contribution in [3.05, 3.63) is 81.7 Å². The number of hydrogen-bond acceptors (Lipinski definition) is 4. The van der Waals surface area contributed by atoms with Crippen LogP contribution in [0.15, 0.2) is 65.0 Å². The first kappa shape index (κ1) is 21.0. The molecule has 0 saturated carbocycles. The molecule has 4 aromatic rings. The summed E-state index contributed by atoms with van der Waals surface area (Å²) < 4.78 is 1.38. The van der Waals surface area contributed by atoms with Gasteiger partial charge in [-0.2, -0.15) is 0 Å². The topological polar surface area (TPSA) is 64.0 Å². The molecular weight excluding hydrogens is 406 g/mol. The normalized spacial score (nSPS) is 12.1. The highest BCUT2D eigenvalue weighted by molar-refractivity contribution is 7.17. The molecule has 158 valence electrons. The smallest absolute Gasteiger partial charge is 0.263 e. The van der Waals surface area contributed by atoms with Gasteiger partial charge in [0.1, 0.15) is 11.4 Å². The third-order valence-corrected chi connectivity index (χ3v) is 6.50. The Balaban J connectivity index is 1.63. The van der Waals surface area contributed by atoms with Gasteiger partial charge >= 0.3 is 0 Å². The molecule has 0 saturated heterocycles. The Morgan fingerprint density at radius 1 is 1.16 bits per heavy atom. The minimum Gasteiger partial charge on any atom is -0.324 e. The van der Waals surface area contributed by atoms with E-state index in [1.54, 1.807) is 0 Å². The molecular formula is C25H25N3O2S. The number of aromatic nitrogens is 2. The van der Waals surface area contributed by atoms with Crippen molar-refractivity contribution < 1.29 is 4.79 Å². The number of nitrogens with zero attached hydrogens (tertiary/aromatic N) is 2. The van der Waals surface area contributed by atoms with Crippen LogP contribution in [0.2, 0.25) is 0 Å².